The van der Waals surface area contributed by atoms with Crippen molar-refractivity contribution in [3.8, 4) is 0 Å². The van der Waals surface area contributed by atoms with Gasteiger partial charge in [-0.15, -0.1) is 0 Å². The van der Waals surface area contributed by atoms with E-state index >= 15 is 0 Å². The number of benzene rings is 2. The van der Waals surface area contributed by atoms with Gasteiger partial charge < -0.3 is 35.2 Å². The summed E-state index contributed by atoms with van der Waals surface area (Å²) < 4.78 is 0. The number of carboxylic acid groups (broad SMARTS) is 2. The van der Waals surface area contributed by atoms with E-state index in [1.807, 2.05) is 0 Å². The first-order chi connectivity index (χ1) is 11.5. The maximum atomic E-state index is 10.4. The van der Waals surface area contributed by atoms with Crippen LogP contribution in [0.1, 0.15) is 21.2 Å². The third kappa shape index (κ3) is 4.50. The molecule has 0 aliphatic rings. The number of hydrogen-bond donors (Lipinski definition) is 2. The average molecular weight is 407 g/mol. The molecule has 0 bridgehead atoms. The van der Waals surface area contributed by atoms with Gasteiger partial charge in [0.05, 0.1) is 22.1 Å². The zero-order chi connectivity index (χ0) is 17.1. The van der Waals surface area contributed by atoms with E-state index in [2.05, 4.69) is 19.9 Å². The molecule has 0 saturated carbocycles. The molecule has 4 aromatic rings. The molecule has 2 aromatic carbocycles. The number of aromatic amines is 2. The number of nitrogens with zero attached hydrogens (tertiary/aromatic N) is 2. The van der Waals surface area contributed by atoms with Crippen molar-refractivity contribution in [3.63, 3.8) is 0 Å². The Bertz CT molecular complexity index is 893. The number of H-pyrrole nitrogens is 2. The smallest absolute Gasteiger partial charge is 0.542 e. The van der Waals surface area contributed by atoms with Crippen molar-refractivity contribution in [2.45, 2.75) is 0 Å². The van der Waals surface area contributed by atoms with Gasteiger partial charge in [0.2, 0.25) is 0 Å². The SMILES string of the molecule is O=C([O-])c1nc2ccccc2[nH]1.O=C([O-])c1nc2ccccc2[nH]1.[OH3+].[Zn+2]. The van der Waals surface area contributed by atoms with Crippen LogP contribution in [0.4, 0.5) is 0 Å². The molecule has 26 heavy (non-hydrogen) atoms. The van der Waals surface area contributed by atoms with Crippen molar-refractivity contribution in [2.75, 3.05) is 0 Å². The van der Waals surface area contributed by atoms with Crippen molar-refractivity contribution in [1.29, 1.82) is 0 Å². The first-order valence-corrected chi connectivity index (χ1v) is 6.87. The van der Waals surface area contributed by atoms with E-state index in [4.69, 9.17) is 0 Å². The molecule has 0 unspecified atom stereocenters. The van der Waals surface area contributed by atoms with Gasteiger partial charge >= 0.3 is 19.5 Å². The summed E-state index contributed by atoms with van der Waals surface area (Å²) in [5.74, 6) is -2.83. The Morgan fingerprint density at radius 1 is 0.731 bits per heavy atom. The molecule has 0 aliphatic heterocycles. The van der Waals surface area contributed by atoms with E-state index in [1.165, 1.54) is 0 Å². The summed E-state index contributed by atoms with van der Waals surface area (Å²) in [6, 6.07) is 14.2. The Morgan fingerprint density at radius 3 is 1.38 bits per heavy atom. The minimum Gasteiger partial charge on any atom is -0.542 e. The first kappa shape index (κ1) is 20.9. The normalized spacial score (nSPS) is 9.54. The number of fused-ring (bicyclic) bond motifs is 2. The molecule has 2 heterocycles. The molecule has 0 aliphatic carbocycles. The van der Waals surface area contributed by atoms with Gasteiger partial charge in [0.25, 0.3) is 0 Å². The molecule has 2 aromatic heterocycles. The fraction of sp³-hybridized carbons (Fsp3) is 0. The molecule has 9 nitrogen and oxygen atoms in total. The van der Waals surface area contributed by atoms with Crippen molar-refractivity contribution in [3.05, 3.63) is 60.2 Å². The number of para-hydroxylation sites is 4. The van der Waals surface area contributed by atoms with Crippen molar-refractivity contribution in [2.24, 2.45) is 0 Å². The van der Waals surface area contributed by atoms with Gasteiger partial charge in [-0.2, -0.15) is 0 Å². The molecule has 0 atom stereocenters. The quantitative estimate of drug-likeness (QED) is 0.317. The van der Waals surface area contributed by atoms with Crippen molar-refractivity contribution in [1.82, 2.24) is 19.9 Å². The number of carboxylic acids is 2. The van der Waals surface area contributed by atoms with Gasteiger partial charge in [-0.3, -0.25) is 0 Å². The fourth-order valence-electron chi connectivity index (χ4n) is 2.10. The number of aromatic carboxylic acids is 2. The summed E-state index contributed by atoms with van der Waals surface area (Å²) in [4.78, 5) is 33.6. The predicted octanol–water partition coefficient (Wildman–Crippen LogP) is -1.07. The number of nitrogens with one attached hydrogen (secondary N) is 2. The van der Waals surface area contributed by atoms with E-state index in [0.717, 1.165) is 0 Å². The molecule has 0 spiro atoms. The summed E-state index contributed by atoms with van der Waals surface area (Å²) in [5, 5.41) is 20.7. The van der Waals surface area contributed by atoms with Crippen LogP contribution in [-0.4, -0.2) is 31.9 Å². The van der Waals surface area contributed by atoms with E-state index in [-0.39, 0.29) is 36.6 Å². The number of hydrogen-bond acceptors (Lipinski definition) is 6. The number of imidazole rings is 2. The van der Waals surface area contributed by atoms with Crippen LogP contribution in [0.25, 0.3) is 22.1 Å². The van der Waals surface area contributed by atoms with Gasteiger partial charge in [0, 0.05) is 0 Å². The van der Waals surface area contributed by atoms with Crippen LogP contribution in [0.5, 0.6) is 0 Å². The monoisotopic (exact) mass is 405 g/mol. The summed E-state index contributed by atoms with van der Waals surface area (Å²) in [7, 11) is 0. The van der Waals surface area contributed by atoms with Crippen LogP contribution < -0.4 is 10.2 Å². The Labute approximate surface area is 159 Å². The molecule has 5 N–H and O–H groups in total. The van der Waals surface area contributed by atoms with Gasteiger partial charge in [0.15, 0.2) is 11.6 Å². The Kier molecular flexibility index (Phi) is 7.12. The second-order valence-electron chi connectivity index (χ2n) is 4.78. The second-order valence-corrected chi connectivity index (χ2v) is 4.78. The average Bonchev–Trinajstić information content (AvgIpc) is 3.19. The van der Waals surface area contributed by atoms with Crippen LogP contribution in [0, 0.1) is 0 Å². The maximum absolute atomic E-state index is 10.4. The first-order valence-electron chi connectivity index (χ1n) is 6.87. The van der Waals surface area contributed by atoms with E-state index in [9.17, 15) is 19.8 Å². The molecular formula is C16H13N4O5Zn+. The topological polar surface area (TPSA) is 171 Å². The van der Waals surface area contributed by atoms with Crippen molar-refractivity contribution < 1.29 is 44.8 Å². The Morgan fingerprint density at radius 2 is 1.08 bits per heavy atom. The summed E-state index contributed by atoms with van der Waals surface area (Å²) in [6.45, 7) is 0. The van der Waals surface area contributed by atoms with E-state index < -0.39 is 11.9 Å². The zero-order valence-electron chi connectivity index (χ0n) is 13.4. The van der Waals surface area contributed by atoms with Crippen LogP contribution in [0.15, 0.2) is 48.5 Å². The standard InChI is InChI=1S/2C8H6N2O2.H2O.Zn/c2*11-8(12)7-9-5-3-1-2-4-6(5)10-7;;/h2*1-4H,(H,9,10)(H,11,12);1H2;/q;;;+2/p-1. The minimum atomic E-state index is -1.29. The molecular weight excluding hydrogens is 394 g/mol. The molecule has 0 fully saturated rings. The third-order valence-corrected chi connectivity index (χ3v) is 3.17. The Balaban J connectivity index is 0.000000241. The molecule has 0 amide bonds. The third-order valence-electron chi connectivity index (χ3n) is 3.17. The predicted molar refractivity (Wildman–Crippen MR) is 85.7 cm³/mol. The summed E-state index contributed by atoms with van der Waals surface area (Å²) in [6.07, 6.45) is 0. The van der Waals surface area contributed by atoms with Gasteiger partial charge in [-0.05, 0) is 24.3 Å². The van der Waals surface area contributed by atoms with Gasteiger partial charge in [-0.25, -0.2) is 9.97 Å². The summed E-state index contributed by atoms with van der Waals surface area (Å²) >= 11 is 0. The number of carbonyl (C=O) groups excluding carboxylic acids is 2. The van der Waals surface area contributed by atoms with Crippen LogP contribution >= 0.6 is 0 Å². The molecule has 0 radical (unpaired) electrons. The molecule has 0 saturated heterocycles. The van der Waals surface area contributed by atoms with Crippen LogP contribution in [0.2, 0.25) is 0 Å². The van der Waals surface area contributed by atoms with Gasteiger partial charge in [-0.1, -0.05) is 24.3 Å². The van der Waals surface area contributed by atoms with E-state index in [0.29, 0.717) is 22.1 Å². The molecule has 128 valence electrons. The Hall–Kier alpha value is -3.10. The second kappa shape index (κ2) is 8.84. The van der Waals surface area contributed by atoms with Crippen molar-refractivity contribution >= 4 is 34.0 Å². The largest absolute Gasteiger partial charge is 2.00 e. The number of aromatic nitrogens is 4. The van der Waals surface area contributed by atoms with Gasteiger partial charge in [0.1, 0.15) is 11.9 Å². The summed E-state index contributed by atoms with van der Waals surface area (Å²) in [5.41, 5.74) is 2.68. The minimum absolute atomic E-state index is 0. The van der Waals surface area contributed by atoms with Crippen LogP contribution in [0.3, 0.4) is 0 Å². The molecule has 10 heteroatoms. The molecule has 4 rings (SSSR count). The number of carbonyl (C=O) groups is 2. The fourth-order valence-corrected chi connectivity index (χ4v) is 2.10. The zero-order valence-corrected chi connectivity index (χ0v) is 16.4. The van der Waals surface area contributed by atoms with Crippen LogP contribution in [-0.2, 0) is 25.0 Å². The number of rotatable bonds is 2. The van der Waals surface area contributed by atoms with E-state index in [1.54, 1.807) is 48.5 Å². The maximum Gasteiger partial charge on any atom is 2.00 e.